The van der Waals surface area contributed by atoms with Crippen molar-refractivity contribution < 1.29 is 14.7 Å². The van der Waals surface area contributed by atoms with Gasteiger partial charge in [0.05, 0.1) is 5.69 Å². The fourth-order valence-corrected chi connectivity index (χ4v) is 5.48. The summed E-state index contributed by atoms with van der Waals surface area (Å²) in [4.78, 5) is 31.2. The van der Waals surface area contributed by atoms with Crippen LogP contribution in [0.5, 0.6) is 0 Å². The maximum absolute atomic E-state index is 12.4. The van der Waals surface area contributed by atoms with Crippen molar-refractivity contribution in [3.05, 3.63) is 83.5 Å². The molecule has 0 radical (unpaired) electrons. The monoisotopic (exact) mass is 565 g/mol. The Morgan fingerprint density at radius 3 is 1.98 bits per heavy atom. The van der Waals surface area contributed by atoms with Crippen molar-refractivity contribution in [1.29, 1.82) is 0 Å². The fraction of sp³-hybridized carbons (Fsp3) is 0.485. The van der Waals surface area contributed by atoms with Gasteiger partial charge in [0.15, 0.2) is 5.13 Å². The van der Waals surface area contributed by atoms with E-state index < -0.39 is 6.09 Å². The number of carboxylic acid groups (broad SMARTS) is 1. The molecule has 1 aromatic heterocycles. The van der Waals surface area contributed by atoms with Crippen LogP contribution in [0, 0.1) is 0 Å². The molecule has 1 heterocycles. The average molecular weight is 566 g/mol. The topological polar surface area (TPSA) is 82.5 Å². The van der Waals surface area contributed by atoms with Crippen molar-refractivity contribution in [1.82, 2.24) is 9.88 Å². The molecule has 1 aliphatic carbocycles. The Bertz CT molecular complexity index is 1060. The number of aryl methyl sites for hydroxylation is 1. The Balaban J connectivity index is 1.56. The number of carbonyl (C=O) groups is 2. The van der Waals surface area contributed by atoms with Gasteiger partial charge < -0.3 is 15.3 Å². The Hall–Kier alpha value is -3.19. The normalized spacial score (nSPS) is 15.9. The molecule has 0 aromatic carbocycles. The third-order valence-electron chi connectivity index (χ3n) is 6.45. The smallest absolute Gasteiger partial charge is 0.407 e. The molecule has 2 N–H and O–H groups in total. The van der Waals surface area contributed by atoms with Crippen molar-refractivity contribution in [3.8, 4) is 0 Å². The number of aromatic nitrogens is 1. The molecule has 2 amide bonds. The minimum atomic E-state index is -0.859. The zero-order valence-corrected chi connectivity index (χ0v) is 25.1. The number of rotatable bonds is 18. The first kappa shape index (κ1) is 33.0. The van der Waals surface area contributed by atoms with E-state index in [1.54, 1.807) is 4.90 Å². The Kier molecular flexibility index (Phi) is 17.1. The molecule has 0 spiro atoms. The van der Waals surface area contributed by atoms with Gasteiger partial charge in [-0.3, -0.25) is 4.79 Å². The predicted octanol–water partition coefficient (Wildman–Crippen LogP) is 8.81. The first-order valence-corrected chi connectivity index (χ1v) is 15.5. The lowest BCUT2D eigenvalue weighted by Gasteiger charge is -2.31. The maximum Gasteiger partial charge on any atom is 0.407 e. The lowest BCUT2D eigenvalue weighted by molar-refractivity contribution is -0.116. The Labute approximate surface area is 245 Å². The van der Waals surface area contributed by atoms with Gasteiger partial charge in [-0.15, -0.1) is 11.3 Å². The summed E-state index contributed by atoms with van der Waals surface area (Å²) in [6, 6.07) is -0.0120. The largest absolute Gasteiger partial charge is 0.465 e. The van der Waals surface area contributed by atoms with Crippen molar-refractivity contribution in [2.75, 3.05) is 11.9 Å². The minimum absolute atomic E-state index is 0.0120. The molecular formula is C33H47N3O3S. The van der Waals surface area contributed by atoms with E-state index in [2.05, 4.69) is 84.1 Å². The highest BCUT2D eigenvalue weighted by molar-refractivity contribution is 7.15. The van der Waals surface area contributed by atoms with Gasteiger partial charge >= 0.3 is 6.09 Å². The van der Waals surface area contributed by atoms with Crippen molar-refractivity contribution >= 4 is 28.5 Å². The number of anilines is 1. The van der Waals surface area contributed by atoms with Crippen LogP contribution in [-0.4, -0.2) is 39.6 Å². The molecule has 1 aliphatic rings. The summed E-state index contributed by atoms with van der Waals surface area (Å²) in [6.07, 6.45) is 35.1. The lowest BCUT2D eigenvalue weighted by Crippen LogP contribution is -2.42. The second-order valence-corrected chi connectivity index (χ2v) is 10.8. The molecule has 0 aliphatic heterocycles. The van der Waals surface area contributed by atoms with Crippen LogP contribution in [0.4, 0.5) is 9.93 Å². The fourth-order valence-electron chi connectivity index (χ4n) is 4.39. The second-order valence-electron chi connectivity index (χ2n) is 9.76. The summed E-state index contributed by atoms with van der Waals surface area (Å²) in [5, 5.41) is 13.1. The first-order valence-electron chi connectivity index (χ1n) is 14.7. The summed E-state index contributed by atoms with van der Waals surface area (Å²) in [6.45, 7) is 4.69. The molecule has 0 bridgehead atoms. The molecule has 2 rings (SSSR count). The molecule has 1 unspecified atom stereocenters. The van der Waals surface area contributed by atoms with Gasteiger partial charge in [0.1, 0.15) is 0 Å². The van der Waals surface area contributed by atoms with Crippen LogP contribution < -0.4 is 5.32 Å². The van der Waals surface area contributed by atoms with Gasteiger partial charge in [0.2, 0.25) is 5.91 Å². The van der Waals surface area contributed by atoms with Crippen molar-refractivity contribution in [3.63, 3.8) is 0 Å². The molecule has 40 heavy (non-hydrogen) atoms. The van der Waals surface area contributed by atoms with E-state index in [4.69, 9.17) is 0 Å². The molecule has 6 nitrogen and oxygen atoms in total. The van der Waals surface area contributed by atoms with Crippen LogP contribution >= 0.6 is 11.3 Å². The van der Waals surface area contributed by atoms with E-state index in [-0.39, 0.29) is 11.9 Å². The highest BCUT2D eigenvalue weighted by Crippen LogP contribution is 2.32. The number of allylic oxidation sites excluding steroid dienone is 12. The molecule has 0 saturated heterocycles. The van der Waals surface area contributed by atoms with Gasteiger partial charge in [0.25, 0.3) is 0 Å². The van der Waals surface area contributed by atoms with Gasteiger partial charge in [-0.1, -0.05) is 86.8 Å². The third-order valence-corrected chi connectivity index (χ3v) is 7.48. The van der Waals surface area contributed by atoms with Crippen molar-refractivity contribution in [2.24, 2.45) is 0 Å². The predicted molar refractivity (Wildman–Crippen MR) is 169 cm³/mol. The molecule has 0 saturated carbocycles. The molecule has 7 heteroatoms. The number of hydrogen-bond acceptors (Lipinski definition) is 4. The van der Waals surface area contributed by atoms with Crippen LogP contribution in [0.3, 0.4) is 0 Å². The zero-order chi connectivity index (χ0) is 28.8. The lowest BCUT2D eigenvalue weighted by atomic mass is 9.96. The first-order chi connectivity index (χ1) is 19.5. The van der Waals surface area contributed by atoms with E-state index >= 15 is 0 Å². The van der Waals surface area contributed by atoms with Crippen LogP contribution in [0.25, 0.3) is 0 Å². The van der Waals surface area contributed by atoms with Crippen LogP contribution in [0.15, 0.2) is 72.9 Å². The summed E-state index contributed by atoms with van der Waals surface area (Å²) >= 11 is 1.48. The van der Waals surface area contributed by atoms with Crippen LogP contribution in [0.1, 0.15) is 88.6 Å². The minimum Gasteiger partial charge on any atom is -0.465 e. The number of carbonyl (C=O) groups excluding carboxylic acids is 1. The van der Waals surface area contributed by atoms with E-state index in [0.29, 0.717) is 30.9 Å². The number of nitrogens with zero attached hydrogens (tertiary/aromatic N) is 2. The van der Waals surface area contributed by atoms with E-state index in [1.807, 2.05) is 13.0 Å². The molecular weight excluding hydrogens is 518 g/mol. The highest BCUT2D eigenvalue weighted by Gasteiger charge is 2.29. The summed E-state index contributed by atoms with van der Waals surface area (Å²) in [5.74, 6) is -0.0414. The molecule has 1 atom stereocenters. The SMILES string of the molecule is CCC=CCC=CCC=CCC=CCC=CCC=CCCC(=O)Nc1nc2c(s1)CC(N(CCC)C(=O)O)CC2. The third kappa shape index (κ3) is 13.7. The van der Waals surface area contributed by atoms with Gasteiger partial charge in [-0.2, -0.15) is 0 Å². The molecule has 1 aromatic rings. The van der Waals surface area contributed by atoms with Gasteiger partial charge in [0, 0.05) is 30.3 Å². The van der Waals surface area contributed by atoms with Gasteiger partial charge in [-0.05, 0) is 64.2 Å². The van der Waals surface area contributed by atoms with Gasteiger partial charge in [-0.25, -0.2) is 9.78 Å². The van der Waals surface area contributed by atoms with E-state index in [0.717, 1.165) is 68.4 Å². The van der Waals surface area contributed by atoms with E-state index in [1.165, 1.54) is 11.3 Å². The Morgan fingerprint density at radius 2 is 1.45 bits per heavy atom. The number of amides is 2. The Morgan fingerprint density at radius 1 is 0.900 bits per heavy atom. The number of nitrogens with one attached hydrogen (secondary N) is 1. The summed E-state index contributed by atoms with van der Waals surface area (Å²) < 4.78 is 0. The zero-order valence-electron chi connectivity index (χ0n) is 24.3. The maximum atomic E-state index is 12.4. The molecule has 0 fully saturated rings. The van der Waals surface area contributed by atoms with Crippen molar-refractivity contribution in [2.45, 2.75) is 96.9 Å². The number of hydrogen-bond donors (Lipinski definition) is 2. The highest BCUT2D eigenvalue weighted by atomic mass is 32.1. The molecule has 218 valence electrons. The van der Waals surface area contributed by atoms with E-state index in [9.17, 15) is 14.7 Å². The number of fused-ring (bicyclic) bond motifs is 1. The van der Waals surface area contributed by atoms with Crippen LogP contribution in [0.2, 0.25) is 0 Å². The quantitative estimate of drug-likeness (QED) is 0.174. The summed E-state index contributed by atoms with van der Waals surface area (Å²) in [5.41, 5.74) is 0.996. The average Bonchev–Trinajstić information content (AvgIpc) is 3.34. The second kappa shape index (κ2) is 20.7. The standard InChI is InChI=1S/C33H47N3O3S/c1-3-5-6-7-8-9-10-11-12-13-14-15-16-17-18-19-20-21-22-23-31(37)35-32-34-29-25-24-28(27-30(29)40-32)36(26-4-2)33(38)39/h5-6,8-9,11-12,14-15,17-18,20-21,28H,3-4,7,10,13,16,19,22-27H2,1-2H3,(H,38,39)(H,34,35,37). The number of thiazole rings is 1. The summed E-state index contributed by atoms with van der Waals surface area (Å²) in [7, 11) is 0. The van der Waals surface area contributed by atoms with Crippen LogP contribution in [-0.2, 0) is 17.6 Å².